The second-order valence-corrected chi connectivity index (χ2v) is 3.84. The average Bonchev–Trinajstić information content (AvgIpc) is 1.64. The van der Waals surface area contributed by atoms with Crippen molar-refractivity contribution < 1.29 is 0 Å². The molecular formula is C7H17P. The molecule has 0 aromatic carbocycles. The highest BCUT2D eigenvalue weighted by Crippen LogP contribution is 2.20. The van der Waals surface area contributed by atoms with Gasteiger partial charge in [0.2, 0.25) is 0 Å². The third kappa shape index (κ3) is 2.67. The van der Waals surface area contributed by atoms with Gasteiger partial charge in [-0.3, -0.25) is 0 Å². The fourth-order valence-electron chi connectivity index (χ4n) is 0.770. The Labute approximate surface area is 55.3 Å². The van der Waals surface area contributed by atoms with Crippen LogP contribution < -0.4 is 0 Å². The molecule has 1 heteroatoms. The van der Waals surface area contributed by atoms with E-state index in [0.717, 1.165) is 17.5 Å². The summed E-state index contributed by atoms with van der Waals surface area (Å²) in [5.41, 5.74) is 0.787. The fourth-order valence-corrected chi connectivity index (χ4v) is 0.770. The topological polar surface area (TPSA) is 0 Å². The lowest BCUT2D eigenvalue weighted by Gasteiger charge is -2.18. The van der Waals surface area contributed by atoms with Crippen LogP contribution in [-0.4, -0.2) is 5.66 Å². The Kier molecular flexibility index (Phi) is 3.64. The van der Waals surface area contributed by atoms with Crippen LogP contribution in [0.4, 0.5) is 0 Å². The number of hydrogen-bond acceptors (Lipinski definition) is 0. The molecular weight excluding hydrogens is 115 g/mol. The zero-order valence-electron chi connectivity index (χ0n) is 6.31. The highest BCUT2D eigenvalue weighted by molar-refractivity contribution is 7.17. The average molecular weight is 132 g/mol. The lowest BCUT2D eigenvalue weighted by Crippen LogP contribution is -2.13. The van der Waals surface area contributed by atoms with E-state index in [1.54, 1.807) is 0 Å². The Hall–Kier alpha value is 0.430. The predicted octanol–water partition coefficient (Wildman–Crippen LogP) is 2.54. The summed E-state index contributed by atoms with van der Waals surface area (Å²) in [5.74, 6) is 1.61. The van der Waals surface area contributed by atoms with E-state index >= 15 is 0 Å². The largest absolute Gasteiger partial charge is 0.134 e. The third-order valence-electron chi connectivity index (χ3n) is 1.54. The van der Waals surface area contributed by atoms with Crippen LogP contribution in [0.1, 0.15) is 27.7 Å². The molecule has 0 rings (SSSR count). The first-order chi connectivity index (χ1) is 3.55. The van der Waals surface area contributed by atoms with Gasteiger partial charge in [0, 0.05) is 0 Å². The van der Waals surface area contributed by atoms with Crippen LogP contribution in [0.25, 0.3) is 0 Å². The van der Waals surface area contributed by atoms with Crippen molar-refractivity contribution in [2.75, 3.05) is 0 Å². The van der Waals surface area contributed by atoms with Gasteiger partial charge in [-0.1, -0.05) is 27.7 Å². The first-order valence-electron chi connectivity index (χ1n) is 3.31. The van der Waals surface area contributed by atoms with Crippen LogP contribution in [-0.2, 0) is 0 Å². The zero-order chi connectivity index (χ0) is 6.73. The Balaban J connectivity index is 3.46. The minimum atomic E-state index is 0.787. The standard InChI is InChI=1S/C7H17P/c1-5(2)7(8)6(3)4/h5-7H,8H2,1-4H3. The van der Waals surface area contributed by atoms with Crippen LogP contribution in [0.3, 0.4) is 0 Å². The van der Waals surface area contributed by atoms with Crippen LogP contribution in [0.5, 0.6) is 0 Å². The van der Waals surface area contributed by atoms with Gasteiger partial charge in [-0.25, -0.2) is 0 Å². The van der Waals surface area contributed by atoms with Crippen molar-refractivity contribution in [1.29, 1.82) is 0 Å². The number of hydrogen-bond donors (Lipinski definition) is 0. The molecule has 0 aliphatic carbocycles. The van der Waals surface area contributed by atoms with Gasteiger partial charge in [0.25, 0.3) is 0 Å². The molecule has 0 fully saturated rings. The van der Waals surface area contributed by atoms with Crippen molar-refractivity contribution in [1.82, 2.24) is 0 Å². The molecule has 0 N–H and O–H groups in total. The van der Waals surface area contributed by atoms with Crippen LogP contribution in [0, 0.1) is 11.8 Å². The molecule has 0 heterocycles. The Morgan fingerprint density at radius 3 is 1.12 bits per heavy atom. The smallest absolute Gasteiger partial charge is 0.0218 e. The lowest BCUT2D eigenvalue weighted by molar-refractivity contribution is 0.486. The van der Waals surface area contributed by atoms with Crippen molar-refractivity contribution in [3.63, 3.8) is 0 Å². The predicted molar refractivity (Wildman–Crippen MR) is 43.2 cm³/mol. The molecule has 0 saturated heterocycles. The molecule has 0 saturated carbocycles. The number of rotatable bonds is 2. The first kappa shape index (κ1) is 8.43. The van der Waals surface area contributed by atoms with E-state index in [1.807, 2.05) is 0 Å². The van der Waals surface area contributed by atoms with Crippen molar-refractivity contribution >= 4 is 9.24 Å². The van der Waals surface area contributed by atoms with E-state index in [1.165, 1.54) is 0 Å². The SMILES string of the molecule is CC(C)C(P)C(C)C. The monoisotopic (exact) mass is 132 g/mol. The van der Waals surface area contributed by atoms with Gasteiger partial charge in [-0.2, -0.15) is 0 Å². The second-order valence-electron chi connectivity index (χ2n) is 3.07. The van der Waals surface area contributed by atoms with E-state index in [2.05, 4.69) is 36.9 Å². The molecule has 0 spiro atoms. The summed E-state index contributed by atoms with van der Waals surface area (Å²) in [7, 11) is 2.89. The maximum Gasteiger partial charge on any atom is -0.0218 e. The third-order valence-corrected chi connectivity index (χ3v) is 3.08. The van der Waals surface area contributed by atoms with Crippen molar-refractivity contribution in [2.24, 2.45) is 11.8 Å². The van der Waals surface area contributed by atoms with Gasteiger partial charge in [0.05, 0.1) is 0 Å². The summed E-state index contributed by atoms with van der Waals surface area (Å²) in [4.78, 5) is 0. The fraction of sp³-hybridized carbons (Fsp3) is 1.00. The molecule has 1 atom stereocenters. The molecule has 50 valence electrons. The van der Waals surface area contributed by atoms with E-state index in [4.69, 9.17) is 0 Å². The summed E-state index contributed by atoms with van der Waals surface area (Å²) in [6.45, 7) is 9.05. The summed E-state index contributed by atoms with van der Waals surface area (Å²) >= 11 is 0. The van der Waals surface area contributed by atoms with Gasteiger partial charge < -0.3 is 0 Å². The molecule has 0 aromatic rings. The van der Waals surface area contributed by atoms with Crippen LogP contribution >= 0.6 is 9.24 Å². The van der Waals surface area contributed by atoms with Crippen molar-refractivity contribution in [3.05, 3.63) is 0 Å². The molecule has 0 aliphatic rings. The van der Waals surface area contributed by atoms with Gasteiger partial charge >= 0.3 is 0 Å². The lowest BCUT2D eigenvalue weighted by atomic mass is 10.0. The minimum absolute atomic E-state index is 0.787. The van der Waals surface area contributed by atoms with Crippen LogP contribution in [0.15, 0.2) is 0 Å². The quantitative estimate of drug-likeness (QED) is 0.506. The van der Waals surface area contributed by atoms with E-state index in [0.29, 0.717) is 0 Å². The Morgan fingerprint density at radius 1 is 0.875 bits per heavy atom. The van der Waals surface area contributed by atoms with E-state index in [-0.39, 0.29) is 0 Å². The zero-order valence-corrected chi connectivity index (χ0v) is 7.46. The minimum Gasteiger partial charge on any atom is -0.134 e. The molecule has 0 amide bonds. The van der Waals surface area contributed by atoms with Gasteiger partial charge in [0.15, 0.2) is 0 Å². The normalized spacial score (nSPS) is 12.0. The highest BCUT2D eigenvalue weighted by atomic mass is 31.0. The van der Waals surface area contributed by atoms with E-state index in [9.17, 15) is 0 Å². The highest BCUT2D eigenvalue weighted by Gasteiger charge is 2.09. The molecule has 8 heavy (non-hydrogen) atoms. The van der Waals surface area contributed by atoms with Gasteiger partial charge in [0.1, 0.15) is 0 Å². The maximum atomic E-state index is 2.89. The molecule has 0 aliphatic heterocycles. The van der Waals surface area contributed by atoms with Gasteiger partial charge in [-0.15, -0.1) is 9.24 Å². The summed E-state index contributed by atoms with van der Waals surface area (Å²) in [6.07, 6.45) is 0. The molecule has 0 aromatic heterocycles. The van der Waals surface area contributed by atoms with Gasteiger partial charge in [-0.05, 0) is 17.5 Å². The molecule has 0 radical (unpaired) electrons. The Bertz CT molecular complexity index is 49.4. The maximum absolute atomic E-state index is 2.89. The second kappa shape index (κ2) is 3.45. The molecule has 0 bridgehead atoms. The summed E-state index contributed by atoms with van der Waals surface area (Å²) < 4.78 is 0. The summed E-state index contributed by atoms with van der Waals surface area (Å²) in [6, 6.07) is 0. The Morgan fingerprint density at radius 2 is 1.12 bits per heavy atom. The summed E-state index contributed by atoms with van der Waals surface area (Å²) in [5, 5.41) is 0. The van der Waals surface area contributed by atoms with Crippen molar-refractivity contribution in [2.45, 2.75) is 33.4 Å². The van der Waals surface area contributed by atoms with Crippen molar-refractivity contribution in [3.8, 4) is 0 Å². The molecule has 1 unspecified atom stereocenters. The molecule has 0 nitrogen and oxygen atoms in total. The van der Waals surface area contributed by atoms with E-state index < -0.39 is 0 Å². The van der Waals surface area contributed by atoms with Crippen LogP contribution in [0.2, 0.25) is 0 Å². The first-order valence-corrected chi connectivity index (χ1v) is 3.98.